The van der Waals surface area contributed by atoms with Gasteiger partial charge in [-0.15, -0.1) is 0 Å². The standard InChI is InChI=1S/C7H6BrFN2O/c1-4(12)11-7-6(8)2-5(9)3-10-7/h2-3H,1H3,(H,10,11,12). The molecule has 0 aliphatic rings. The fourth-order valence-electron chi connectivity index (χ4n) is 0.673. The lowest BCUT2D eigenvalue weighted by Gasteiger charge is -2.02. The van der Waals surface area contributed by atoms with E-state index in [4.69, 9.17) is 0 Å². The Hall–Kier alpha value is -0.970. The Morgan fingerprint density at radius 1 is 1.75 bits per heavy atom. The molecule has 0 bridgehead atoms. The minimum absolute atomic E-state index is 0.241. The number of hydrogen-bond donors (Lipinski definition) is 1. The van der Waals surface area contributed by atoms with Gasteiger partial charge >= 0.3 is 0 Å². The SMILES string of the molecule is CC(=O)Nc1ncc(F)cc1Br. The number of halogens is 2. The van der Waals surface area contributed by atoms with Crippen LogP contribution in [0.1, 0.15) is 6.92 Å². The summed E-state index contributed by atoms with van der Waals surface area (Å²) < 4.78 is 12.9. The van der Waals surface area contributed by atoms with Crippen LogP contribution in [0.5, 0.6) is 0 Å². The van der Waals surface area contributed by atoms with Crippen LogP contribution in [0.3, 0.4) is 0 Å². The number of amides is 1. The average molecular weight is 233 g/mol. The Morgan fingerprint density at radius 3 is 2.92 bits per heavy atom. The van der Waals surface area contributed by atoms with E-state index < -0.39 is 5.82 Å². The summed E-state index contributed by atoms with van der Waals surface area (Å²) in [6.07, 6.45) is 1.04. The molecule has 1 N–H and O–H groups in total. The largest absolute Gasteiger partial charge is 0.310 e. The molecule has 0 unspecified atom stereocenters. The highest BCUT2D eigenvalue weighted by Gasteiger charge is 2.03. The van der Waals surface area contributed by atoms with E-state index in [1.54, 1.807) is 0 Å². The van der Waals surface area contributed by atoms with Crippen LogP contribution >= 0.6 is 15.9 Å². The summed E-state index contributed by atoms with van der Waals surface area (Å²) in [5, 5.41) is 2.44. The van der Waals surface area contributed by atoms with Gasteiger partial charge in [0.05, 0.1) is 10.7 Å². The van der Waals surface area contributed by atoms with Gasteiger partial charge < -0.3 is 5.32 Å². The van der Waals surface area contributed by atoms with E-state index in [0.717, 1.165) is 6.20 Å². The summed E-state index contributed by atoms with van der Waals surface area (Å²) in [6.45, 7) is 1.36. The zero-order valence-corrected chi connectivity index (χ0v) is 7.85. The minimum Gasteiger partial charge on any atom is -0.310 e. The lowest BCUT2D eigenvalue weighted by Crippen LogP contribution is -2.08. The van der Waals surface area contributed by atoms with Crippen LogP contribution in [0.4, 0.5) is 10.2 Å². The molecule has 1 heterocycles. The first kappa shape index (κ1) is 9.12. The lowest BCUT2D eigenvalue weighted by atomic mass is 10.4. The second-order valence-corrected chi connectivity index (χ2v) is 3.02. The maximum absolute atomic E-state index is 12.5. The van der Waals surface area contributed by atoms with Crippen molar-refractivity contribution in [1.29, 1.82) is 0 Å². The number of pyridine rings is 1. The van der Waals surface area contributed by atoms with Crippen molar-refractivity contribution >= 4 is 27.7 Å². The molecule has 64 valence electrons. The summed E-state index contributed by atoms with van der Waals surface area (Å²) in [5.74, 6) is -0.366. The van der Waals surface area contributed by atoms with Gasteiger partial charge in [-0.3, -0.25) is 4.79 Å². The molecule has 1 aromatic heterocycles. The maximum Gasteiger partial charge on any atom is 0.222 e. The predicted octanol–water partition coefficient (Wildman–Crippen LogP) is 1.94. The number of nitrogens with one attached hydrogen (secondary N) is 1. The molecule has 0 atom stereocenters. The second kappa shape index (κ2) is 3.62. The van der Waals surface area contributed by atoms with Crippen LogP contribution in [-0.4, -0.2) is 10.9 Å². The second-order valence-electron chi connectivity index (χ2n) is 2.17. The van der Waals surface area contributed by atoms with Crippen LogP contribution < -0.4 is 5.32 Å². The zero-order valence-electron chi connectivity index (χ0n) is 6.27. The summed E-state index contributed by atoms with van der Waals surface area (Å²) in [4.78, 5) is 14.2. The summed E-state index contributed by atoms with van der Waals surface area (Å²) >= 11 is 3.06. The minimum atomic E-state index is -0.448. The molecule has 0 spiro atoms. The van der Waals surface area contributed by atoms with Crippen molar-refractivity contribution in [3.8, 4) is 0 Å². The van der Waals surface area contributed by atoms with Crippen LogP contribution in [-0.2, 0) is 4.79 Å². The van der Waals surface area contributed by atoms with Gasteiger partial charge in [-0.05, 0) is 22.0 Å². The molecule has 0 aliphatic carbocycles. The number of carbonyl (C=O) groups excluding carboxylic acids is 1. The molecule has 0 fully saturated rings. The summed E-state index contributed by atoms with van der Waals surface area (Å²) in [5.41, 5.74) is 0. The van der Waals surface area contributed by atoms with E-state index in [1.807, 2.05) is 0 Å². The third-order valence-electron chi connectivity index (χ3n) is 1.10. The van der Waals surface area contributed by atoms with Gasteiger partial charge in [0.1, 0.15) is 11.6 Å². The van der Waals surface area contributed by atoms with E-state index >= 15 is 0 Å². The van der Waals surface area contributed by atoms with Gasteiger partial charge in [0, 0.05) is 6.92 Å². The zero-order chi connectivity index (χ0) is 9.14. The molecule has 0 saturated heterocycles. The Labute approximate surface area is 77.1 Å². The van der Waals surface area contributed by atoms with E-state index in [1.165, 1.54) is 13.0 Å². The Bertz CT molecular complexity index is 316. The highest BCUT2D eigenvalue weighted by atomic mass is 79.9. The van der Waals surface area contributed by atoms with Crippen LogP contribution in [0, 0.1) is 5.82 Å². The first-order valence-electron chi connectivity index (χ1n) is 3.18. The number of hydrogen-bond acceptors (Lipinski definition) is 2. The van der Waals surface area contributed by atoms with Crippen LogP contribution in [0.2, 0.25) is 0 Å². The monoisotopic (exact) mass is 232 g/mol. The molecular weight excluding hydrogens is 227 g/mol. The molecule has 3 nitrogen and oxygen atoms in total. The molecule has 1 rings (SSSR count). The smallest absolute Gasteiger partial charge is 0.222 e. The molecule has 5 heteroatoms. The molecule has 0 aromatic carbocycles. The third-order valence-corrected chi connectivity index (χ3v) is 1.71. The Morgan fingerprint density at radius 2 is 2.42 bits per heavy atom. The van der Waals surface area contributed by atoms with E-state index in [2.05, 4.69) is 26.2 Å². The summed E-state index contributed by atoms with van der Waals surface area (Å²) in [6, 6.07) is 1.23. The first-order chi connectivity index (χ1) is 5.59. The van der Waals surface area contributed by atoms with Gasteiger partial charge in [-0.2, -0.15) is 0 Å². The van der Waals surface area contributed by atoms with Crippen molar-refractivity contribution in [2.24, 2.45) is 0 Å². The number of carbonyl (C=O) groups is 1. The number of aromatic nitrogens is 1. The number of anilines is 1. The molecule has 1 amide bonds. The molecule has 1 aromatic rings. The highest BCUT2D eigenvalue weighted by molar-refractivity contribution is 9.10. The quantitative estimate of drug-likeness (QED) is 0.805. The Kier molecular flexibility index (Phi) is 2.75. The van der Waals surface area contributed by atoms with E-state index in [9.17, 15) is 9.18 Å². The van der Waals surface area contributed by atoms with Crippen molar-refractivity contribution in [2.45, 2.75) is 6.92 Å². The topological polar surface area (TPSA) is 42.0 Å². The Balaban J connectivity index is 2.93. The van der Waals surface area contributed by atoms with Crippen LogP contribution in [0.15, 0.2) is 16.7 Å². The average Bonchev–Trinajstić information content (AvgIpc) is 1.94. The maximum atomic E-state index is 12.5. The number of nitrogens with zero attached hydrogens (tertiary/aromatic N) is 1. The van der Waals surface area contributed by atoms with Gasteiger partial charge in [-0.25, -0.2) is 9.37 Å². The normalized spacial score (nSPS) is 9.58. The lowest BCUT2D eigenvalue weighted by molar-refractivity contribution is -0.114. The molecule has 12 heavy (non-hydrogen) atoms. The highest BCUT2D eigenvalue weighted by Crippen LogP contribution is 2.19. The first-order valence-corrected chi connectivity index (χ1v) is 3.97. The van der Waals surface area contributed by atoms with Crippen molar-refractivity contribution in [3.05, 3.63) is 22.6 Å². The fourth-order valence-corrected chi connectivity index (χ4v) is 1.09. The van der Waals surface area contributed by atoms with Crippen molar-refractivity contribution < 1.29 is 9.18 Å². The molecule has 0 aliphatic heterocycles. The van der Waals surface area contributed by atoms with Gasteiger partial charge in [0.25, 0.3) is 0 Å². The van der Waals surface area contributed by atoms with E-state index in [-0.39, 0.29) is 5.91 Å². The van der Waals surface area contributed by atoms with E-state index in [0.29, 0.717) is 10.3 Å². The van der Waals surface area contributed by atoms with Crippen LogP contribution in [0.25, 0.3) is 0 Å². The van der Waals surface area contributed by atoms with Crippen molar-refractivity contribution in [1.82, 2.24) is 4.98 Å². The number of rotatable bonds is 1. The van der Waals surface area contributed by atoms with Gasteiger partial charge in [-0.1, -0.05) is 0 Å². The van der Waals surface area contributed by atoms with Crippen molar-refractivity contribution in [3.63, 3.8) is 0 Å². The predicted molar refractivity (Wildman–Crippen MR) is 46.2 cm³/mol. The van der Waals surface area contributed by atoms with Gasteiger partial charge in [0.2, 0.25) is 5.91 Å². The summed E-state index contributed by atoms with van der Waals surface area (Å²) in [7, 11) is 0. The molecule has 0 radical (unpaired) electrons. The molecule has 0 saturated carbocycles. The van der Waals surface area contributed by atoms with Gasteiger partial charge in [0.15, 0.2) is 0 Å². The molecular formula is C7H6BrFN2O. The fraction of sp³-hybridized carbons (Fsp3) is 0.143. The van der Waals surface area contributed by atoms with Crippen molar-refractivity contribution in [2.75, 3.05) is 5.32 Å². The third kappa shape index (κ3) is 2.27.